The molecular weight excluding hydrogens is 368 g/mol. The lowest BCUT2D eigenvalue weighted by molar-refractivity contribution is 0.595. The lowest BCUT2D eigenvalue weighted by Crippen LogP contribution is -2.15. The van der Waals surface area contributed by atoms with Gasteiger partial charge in [0.2, 0.25) is 0 Å². The lowest BCUT2D eigenvalue weighted by Gasteiger charge is -2.14. The third-order valence-corrected chi connectivity index (χ3v) is 5.10. The van der Waals surface area contributed by atoms with E-state index in [0.29, 0.717) is 15.8 Å². The van der Waals surface area contributed by atoms with Crippen LogP contribution in [0.3, 0.4) is 0 Å². The summed E-state index contributed by atoms with van der Waals surface area (Å²) >= 11 is 10.4. The van der Waals surface area contributed by atoms with Crippen molar-refractivity contribution in [2.24, 2.45) is 5.73 Å². The molecule has 1 unspecified atom stereocenters. The first-order valence-corrected chi connectivity index (χ1v) is 7.92. The van der Waals surface area contributed by atoms with Crippen molar-refractivity contribution in [2.75, 3.05) is 5.75 Å². The van der Waals surface area contributed by atoms with Gasteiger partial charge in [0.05, 0.1) is 5.02 Å². The second-order valence-electron chi connectivity index (χ2n) is 4.14. The Hall–Kier alpha value is -0.620. The van der Waals surface area contributed by atoms with Gasteiger partial charge in [-0.25, -0.2) is 8.78 Å². The van der Waals surface area contributed by atoms with E-state index in [-0.39, 0.29) is 10.8 Å². The van der Waals surface area contributed by atoms with Crippen molar-refractivity contribution in [3.8, 4) is 0 Å². The summed E-state index contributed by atoms with van der Waals surface area (Å²) in [6.07, 6.45) is 0. The summed E-state index contributed by atoms with van der Waals surface area (Å²) in [6, 6.07) is 8.88. The number of benzene rings is 2. The fourth-order valence-corrected chi connectivity index (χ4v) is 2.99. The average Bonchev–Trinajstić information content (AvgIpc) is 2.44. The third kappa shape index (κ3) is 3.73. The largest absolute Gasteiger partial charge is 0.323 e. The Balaban J connectivity index is 2.07. The van der Waals surface area contributed by atoms with E-state index in [1.807, 2.05) is 0 Å². The van der Waals surface area contributed by atoms with Gasteiger partial charge in [-0.2, -0.15) is 0 Å². The fraction of sp³-hybridized carbons (Fsp3) is 0.143. The van der Waals surface area contributed by atoms with E-state index in [0.717, 1.165) is 4.90 Å². The Bertz CT molecular complexity index is 607. The van der Waals surface area contributed by atoms with Crippen LogP contribution in [0.15, 0.2) is 45.8 Å². The SMILES string of the molecule is NC(CSc1ccc(F)cc1)c1ccc(Br)c(Cl)c1F. The molecule has 0 fully saturated rings. The summed E-state index contributed by atoms with van der Waals surface area (Å²) in [5, 5.41) is 0.0322. The third-order valence-electron chi connectivity index (χ3n) is 2.71. The number of rotatable bonds is 4. The molecule has 106 valence electrons. The number of halogens is 4. The van der Waals surface area contributed by atoms with Crippen molar-refractivity contribution in [1.29, 1.82) is 0 Å². The molecule has 0 aromatic heterocycles. The minimum absolute atomic E-state index is 0.0322. The van der Waals surface area contributed by atoms with Crippen molar-refractivity contribution < 1.29 is 8.78 Å². The van der Waals surface area contributed by atoms with Gasteiger partial charge in [-0.05, 0) is 46.3 Å². The minimum Gasteiger partial charge on any atom is -0.323 e. The maximum atomic E-state index is 14.0. The Morgan fingerprint density at radius 2 is 1.80 bits per heavy atom. The summed E-state index contributed by atoms with van der Waals surface area (Å²) in [7, 11) is 0. The van der Waals surface area contributed by atoms with Gasteiger partial charge in [-0.3, -0.25) is 0 Å². The van der Waals surface area contributed by atoms with Crippen LogP contribution in [0.5, 0.6) is 0 Å². The summed E-state index contributed by atoms with van der Waals surface area (Å²) < 4.78 is 27.3. The molecule has 2 aromatic carbocycles. The smallest absolute Gasteiger partial charge is 0.147 e. The lowest BCUT2D eigenvalue weighted by atomic mass is 10.1. The molecule has 0 aliphatic heterocycles. The van der Waals surface area contributed by atoms with Crippen molar-refractivity contribution in [2.45, 2.75) is 10.9 Å². The number of hydrogen-bond donors (Lipinski definition) is 1. The van der Waals surface area contributed by atoms with Gasteiger partial charge in [0.15, 0.2) is 0 Å². The molecule has 0 amide bonds. The number of nitrogens with two attached hydrogens (primary N) is 1. The standard InChI is InChI=1S/C14H11BrClF2NS/c15-11-6-5-10(14(18)13(11)16)12(19)7-20-9-3-1-8(17)2-4-9/h1-6,12H,7,19H2. The van der Waals surface area contributed by atoms with Crippen LogP contribution < -0.4 is 5.73 Å². The number of hydrogen-bond acceptors (Lipinski definition) is 2. The molecule has 6 heteroatoms. The predicted molar refractivity (Wildman–Crippen MR) is 83.2 cm³/mol. The van der Waals surface area contributed by atoms with Gasteiger partial charge in [0, 0.05) is 26.7 Å². The molecule has 20 heavy (non-hydrogen) atoms. The first-order chi connectivity index (χ1) is 9.49. The van der Waals surface area contributed by atoms with Crippen molar-refractivity contribution in [3.05, 3.63) is 63.1 Å². The summed E-state index contributed by atoms with van der Waals surface area (Å²) in [5.74, 6) is -0.321. The van der Waals surface area contributed by atoms with E-state index >= 15 is 0 Å². The van der Waals surface area contributed by atoms with E-state index in [1.165, 1.54) is 23.9 Å². The Labute approximate surface area is 133 Å². The second kappa shape index (κ2) is 6.89. The molecule has 0 heterocycles. The maximum absolute atomic E-state index is 14.0. The first kappa shape index (κ1) is 15.8. The quantitative estimate of drug-likeness (QED) is 0.586. The van der Waals surface area contributed by atoms with Crippen LogP contribution in [0.25, 0.3) is 0 Å². The predicted octanol–water partition coefficient (Wildman–Crippen LogP) is 5.17. The molecule has 0 spiro atoms. The summed E-state index contributed by atoms with van der Waals surface area (Å²) in [4.78, 5) is 0.880. The molecule has 0 aliphatic rings. The van der Waals surface area contributed by atoms with Gasteiger partial charge in [-0.1, -0.05) is 17.7 Å². The molecule has 0 aliphatic carbocycles. The highest BCUT2D eigenvalue weighted by molar-refractivity contribution is 9.10. The molecular formula is C14H11BrClF2NS. The molecule has 0 bridgehead atoms. The van der Waals surface area contributed by atoms with Crippen LogP contribution in [-0.4, -0.2) is 5.75 Å². The van der Waals surface area contributed by atoms with Gasteiger partial charge in [-0.15, -0.1) is 11.8 Å². The van der Waals surface area contributed by atoms with Gasteiger partial charge in [0.25, 0.3) is 0 Å². The van der Waals surface area contributed by atoms with Crippen molar-refractivity contribution in [3.63, 3.8) is 0 Å². The molecule has 1 atom stereocenters. The summed E-state index contributed by atoms with van der Waals surface area (Å²) in [6.45, 7) is 0. The van der Waals surface area contributed by atoms with Crippen LogP contribution in [0, 0.1) is 11.6 Å². The van der Waals surface area contributed by atoms with E-state index in [4.69, 9.17) is 17.3 Å². The fourth-order valence-electron chi connectivity index (χ4n) is 1.63. The van der Waals surface area contributed by atoms with Crippen LogP contribution >= 0.6 is 39.3 Å². The Morgan fingerprint density at radius 1 is 1.15 bits per heavy atom. The molecule has 1 nitrogen and oxygen atoms in total. The molecule has 0 radical (unpaired) electrons. The normalized spacial score (nSPS) is 12.4. The molecule has 0 saturated carbocycles. The zero-order chi connectivity index (χ0) is 14.7. The van der Waals surface area contributed by atoms with E-state index in [2.05, 4.69) is 15.9 Å². The zero-order valence-electron chi connectivity index (χ0n) is 10.2. The zero-order valence-corrected chi connectivity index (χ0v) is 13.4. The Morgan fingerprint density at radius 3 is 2.45 bits per heavy atom. The topological polar surface area (TPSA) is 26.0 Å². The average molecular weight is 379 g/mol. The number of thioether (sulfide) groups is 1. The monoisotopic (exact) mass is 377 g/mol. The van der Waals surface area contributed by atoms with Crippen LogP contribution in [0.2, 0.25) is 5.02 Å². The maximum Gasteiger partial charge on any atom is 0.147 e. The highest BCUT2D eigenvalue weighted by atomic mass is 79.9. The van der Waals surface area contributed by atoms with Crippen LogP contribution in [0.4, 0.5) is 8.78 Å². The van der Waals surface area contributed by atoms with Gasteiger partial charge < -0.3 is 5.73 Å². The van der Waals surface area contributed by atoms with Crippen molar-refractivity contribution in [1.82, 2.24) is 0 Å². The van der Waals surface area contributed by atoms with Crippen molar-refractivity contribution >= 4 is 39.3 Å². The highest BCUT2D eigenvalue weighted by Gasteiger charge is 2.16. The molecule has 0 saturated heterocycles. The van der Waals surface area contributed by atoms with Crippen LogP contribution in [0.1, 0.15) is 11.6 Å². The molecule has 2 N–H and O–H groups in total. The second-order valence-corrected chi connectivity index (χ2v) is 6.46. The van der Waals surface area contributed by atoms with Crippen LogP contribution in [-0.2, 0) is 0 Å². The van der Waals surface area contributed by atoms with Gasteiger partial charge in [0.1, 0.15) is 11.6 Å². The van der Waals surface area contributed by atoms with Gasteiger partial charge >= 0.3 is 0 Å². The molecule has 2 aromatic rings. The molecule has 2 rings (SSSR count). The summed E-state index contributed by atoms with van der Waals surface area (Å²) in [5.41, 5.74) is 6.35. The Kier molecular flexibility index (Phi) is 5.43. The minimum atomic E-state index is -0.506. The highest BCUT2D eigenvalue weighted by Crippen LogP contribution is 2.31. The van der Waals surface area contributed by atoms with E-state index in [9.17, 15) is 8.78 Å². The first-order valence-electron chi connectivity index (χ1n) is 5.76. The van der Waals surface area contributed by atoms with E-state index < -0.39 is 11.9 Å². The van der Waals surface area contributed by atoms with E-state index in [1.54, 1.807) is 24.3 Å².